The fourth-order valence-corrected chi connectivity index (χ4v) is 2.13. The van der Waals surface area contributed by atoms with Crippen LogP contribution >= 0.6 is 11.9 Å². The molecule has 0 fully saturated rings. The second-order valence-corrected chi connectivity index (χ2v) is 5.33. The third-order valence-electron chi connectivity index (χ3n) is 2.10. The molecule has 1 unspecified atom stereocenters. The van der Waals surface area contributed by atoms with Gasteiger partial charge in [0.1, 0.15) is 24.7 Å². The predicted molar refractivity (Wildman–Crippen MR) is 58.8 cm³/mol. The summed E-state index contributed by atoms with van der Waals surface area (Å²) >= 11 is 0.879. The standard InChI is InChI=1S/C10H11F3N3OS/c1-7(18-16(2,17)6-14)8-3-4-9(15-5-8)10(11,12)13/h3-5,7,17H,1-2H3/q+1/t7-,16?/m0/s1. The summed E-state index contributed by atoms with van der Waals surface area (Å²) < 4.78 is 35.9. The summed E-state index contributed by atoms with van der Waals surface area (Å²) in [5.41, 5.74) is -0.466. The van der Waals surface area contributed by atoms with Crippen molar-refractivity contribution in [1.29, 1.82) is 5.26 Å². The minimum atomic E-state index is -4.47. The van der Waals surface area contributed by atoms with Crippen LogP contribution in [0, 0.1) is 11.5 Å². The molecule has 0 spiro atoms. The Labute approximate surface area is 106 Å². The average Bonchev–Trinajstić information content (AvgIpc) is 2.27. The Morgan fingerprint density at radius 3 is 2.50 bits per heavy atom. The fraction of sp³-hybridized carbons (Fsp3) is 0.400. The number of rotatable bonds is 3. The van der Waals surface area contributed by atoms with Gasteiger partial charge in [0.25, 0.3) is 0 Å². The van der Waals surface area contributed by atoms with Crippen LogP contribution in [0.4, 0.5) is 13.2 Å². The molecule has 0 saturated carbocycles. The minimum absolute atomic E-state index is 0.366. The van der Waals surface area contributed by atoms with Crippen LogP contribution in [-0.4, -0.2) is 21.3 Å². The molecule has 0 aliphatic heterocycles. The first-order valence-corrected chi connectivity index (χ1v) is 5.71. The van der Waals surface area contributed by atoms with Gasteiger partial charge in [0.2, 0.25) is 0 Å². The van der Waals surface area contributed by atoms with Crippen LogP contribution in [0.25, 0.3) is 0 Å². The Hall–Kier alpha value is -1.30. The molecule has 0 radical (unpaired) electrons. The molecule has 0 saturated heterocycles. The number of hydrogen-bond donors (Lipinski definition) is 1. The van der Waals surface area contributed by atoms with Crippen LogP contribution in [0.2, 0.25) is 0 Å². The molecule has 4 nitrogen and oxygen atoms in total. The second kappa shape index (κ2) is 5.14. The molecule has 1 heterocycles. The number of halogens is 3. The lowest BCUT2D eigenvalue weighted by Crippen LogP contribution is -2.26. The molecule has 0 aliphatic carbocycles. The molecular formula is C10H11F3N3OS+. The van der Waals surface area contributed by atoms with Crippen molar-refractivity contribution in [3.05, 3.63) is 29.6 Å². The molecule has 1 aromatic rings. The van der Waals surface area contributed by atoms with Gasteiger partial charge in [0.05, 0.1) is 5.25 Å². The maximum Gasteiger partial charge on any atom is 0.433 e. The largest absolute Gasteiger partial charge is 0.433 e. The highest BCUT2D eigenvalue weighted by Gasteiger charge is 2.33. The number of quaternary nitrogens is 1. The topological polar surface area (TPSA) is 56.9 Å². The van der Waals surface area contributed by atoms with Gasteiger partial charge in [-0.25, -0.2) is 0 Å². The number of nitriles is 1. The number of hydrogen-bond acceptors (Lipinski definition) is 4. The third kappa shape index (κ3) is 3.87. The second-order valence-electron chi connectivity index (χ2n) is 3.70. The Bertz CT molecular complexity index is 453. The van der Waals surface area contributed by atoms with Crippen molar-refractivity contribution < 1.29 is 22.4 Å². The van der Waals surface area contributed by atoms with Crippen molar-refractivity contribution in [3.8, 4) is 6.19 Å². The number of alkyl halides is 3. The maximum absolute atomic E-state index is 12.3. The zero-order valence-electron chi connectivity index (χ0n) is 9.64. The monoisotopic (exact) mass is 278 g/mol. The van der Waals surface area contributed by atoms with Gasteiger partial charge in [-0.3, -0.25) is 4.98 Å². The van der Waals surface area contributed by atoms with Crippen molar-refractivity contribution in [1.82, 2.24) is 4.98 Å². The van der Waals surface area contributed by atoms with Crippen molar-refractivity contribution in [2.45, 2.75) is 18.3 Å². The zero-order chi connectivity index (χ0) is 14.0. The van der Waals surface area contributed by atoms with Crippen molar-refractivity contribution in [2.75, 3.05) is 7.05 Å². The minimum Gasteiger partial charge on any atom is -0.251 e. The van der Waals surface area contributed by atoms with Crippen molar-refractivity contribution in [2.24, 2.45) is 0 Å². The van der Waals surface area contributed by atoms with Crippen LogP contribution in [0.1, 0.15) is 23.4 Å². The van der Waals surface area contributed by atoms with E-state index in [2.05, 4.69) is 4.98 Å². The highest BCUT2D eigenvalue weighted by atomic mass is 32.2. The van der Waals surface area contributed by atoms with Crippen LogP contribution in [0.5, 0.6) is 0 Å². The number of nitrogens with zero attached hydrogens (tertiary/aromatic N) is 3. The summed E-state index contributed by atoms with van der Waals surface area (Å²) in [6, 6.07) is 2.16. The van der Waals surface area contributed by atoms with Crippen molar-refractivity contribution in [3.63, 3.8) is 0 Å². The van der Waals surface area contributed by atoms with E-state index in [0.717, 1.165) is 24.2 Å². The van der Waals surface area contributed by atoms with E-state index in [1.54, 1.807) is 13.1 Å². The molecule has 0 aliphatic rings. The van der Waals surface area contributed by atoms with E-state index in [1.165, 1.54) is 13.1 Å². The summed E-state index contributed by atoms with van der Waals surface area (Å²) in [4.78, 5) is 3.32. The van der Waals surface area contributed by atoms with Gasteiger partial charge in [-0.05, 0) is 22.6 Å². The van der Waals surface area contributed by atoms with E-state index in [-0.39, 0.29) is 5.25 Å². The van der Waals surface area contributed by atoms with Gasteiger partial charge in [0, 0.05) is 6.20 Å². The summed E-state index contributed by atoms with van der Waals surface area (Å²) in [6.07, 6.45) is -1.74. The normalized spacial score (nSPS) is 16.7. The zero-order valence-corrected chi connectivity index (χ0v) is 10.5. The van der Waals surface area contributed by atoms with E-state index < -0.39 is 15.9 Å². The molecule has 2 atom stereocenters. The van der Waals surface area contributed by atoms with Crippen LogP contribution in [-0.2, 0) is 6.18 Å². The average molecular weight is 278 g/mol. The van der Waals surface area contributed by atoms with Gasteiger partial charge in [-0.1, -0.05) is 6.07 Å². The van der Waals surface area contributed by atoms with E-state index in [9.17, 15) is 18.4 Å². The summed E-state index contributed by atoms with van der Waals surface area (Å²) in [5.74, 6) is 0. The first-order valence-electron chi connectivity index (χ1n) is 4.88. The van der Waals surface area contributed by atoms with Gasteiger partial charge >= 0.3 is 12.4 Å². The third-order valence-corrected chi connectivity index (χ3v) is 3.18. The molecule has 8 heteroatoms. The summed E-state index contributed by atoms with van der Waals surface area (Å²) in [6.45, 7) is 1.67. The number of pyridine rings is 1. The van der Waals surface area contributed by atoms with Gasteiger partial charge in [0.15, 0.2) is 0 Å². The van der Waals surface area contributed by atoms with Crippen LogP contribution in [0.15, 0.2) is 18.3 Å². The Morgan fingerprint density at radius 2 is 2.11 bits per heavy atom. The summed E-state index contributed by atoms with van der Waals surface area (Å²) in [7, 11) is 1.26. The first-order chi connectivity index (χ1) is 8.15. The molecule has 98 valence electrons. The molecule has 0 bridgehead atoms. The molecule has 0 amide bonds. The van der Waals surface area contributed by atoms with E-state index in [0.29, 0.717) is 5.56 Å². The van der Waals surface area contributed by atoms with Gasteiger partial charge in [-0.15, -0.1) is 5.26 Å². The highest BCUT2D eigenvalue weighted by molar-refractivity contribution is 7.94. The lowest BCUT2D eigenvalue weighted by atomic mass is 10.2. The summed E-state index contributed by atoms with van der Waals surface area (Å²) in [5, 5.41) is 17.7. The van der Waals surface area contributed by atoms with Gasteiger partial charge < -0.3 is 0 Å². The van der Waals surface area contributed by atoms with Crippen LogP contribution < -0.4 is 0 Å². The fourth-order valence-electron chi connectivity index (χ4n) is 1.21. The van der Waals surface area contributed by atoms with E-state index >= 15 is 0 Å². The maximum atomic E-state index is 12.3. The predicted octanol–water partition coefficient (Wildman–Crippen LogP) is 3.13. The lowest BCUT2D eigenvalue weighted by Gasteiger charge is -2.16. The number of aromatic nitrogens is 1. The lowest BCUT2D eigenvalue weighted by molar-refractivity contribution is -0.920. The van der Waals surface area contributed by atoms with E-state index in [1.807, 2.05) is 0 Å². The molecule has 1 rings (SSSR count). The first kappa shape index (κ1) is 14.8. The molecule has 18 heavy (non-hydrogen) atoms. The Kier molecular flexibility index (Phi) is 4.21. The van der Waals surface area contributed by atoms with Crippen LogP contribution in [0.3, 0.4) is 0 Å². The Morgan fingerprint density at radius 1 is 1.50 bits per heavy atom. The van der Waals surface area contributed by atoms with Crippen molar-refractivity contribution >= 4 is 11.9 Å². The molecule has 1 aromatic heterocycles. The molecule has 0 aromatic carbocycles. The SMILES string of the molecule is C[C@H](S[N+](C)(O)C#N)c1ccc(C(F)(F)F)nc1. The molecule has 1 N–H and O–H groups in total. The Balaban J connectivity index is 2.84. The smallest absolute Gasteiger partial charge is 0.251 e. The quantitative estimate of drug-likeness (QED) is 0.399. The highest BCUT2D eigenvalue weighted by Crippen LogP contribution is 2.34. The molecular weight excluding hydrogens is 267 g/mol. The van der Waals surface area contributed by atoms with Gasteiger partial charge in [-0.2, -0.15) is 18.4 Å². The van der Waals surface area contributed by atoms with E-state index in [4.69, 9.17) is 5.26 Å². The number of hydroxylamine groups is 2.